The number of hydrogen-bond acceptors (Lipinski definition) is 9. The van der Waals surface area contributed by atoms with Crippen molar-refractivity contribution in [3.05, 3.63) is 60.8 Å². The first kappa shape index (κ1) is 27.7. The van der Waals surface area contributed by atoms with E-state index in [1.165, 1.54) is 19.4 Å². The molecule has 1 aliphatic carbocycles. The van der Waals surface area contributed by atoms with E-state index < -0.39 is 43.5 Å². The van der Waals surface area contributed by atoms with Gasteiger partial charge in [-0.25, -0.2) is 18.9 Å². The lowest BCUT2D eigenvalue weighted by Gasteiger charge is -2.47. The summed E-state index contributed by atoms with van der Waals surface area (Å²) in [5.41, 5.74) is 6.71. The van der Waals surface area contributed by atoms with Crippen LogP contribution in [-0.4, -0.2) is 51.0 Å². The van der Waals surface area contributed by atoms with Gasteiger partial charge in [-0.05, 0) is 38.5 Å². The van der Waals surface area contributed by atoms with E-state index in [1.54, 1.807) is 48.7 Å². The topological polar surface area (TPSA) is 151 Å². The first-order valence-electron chi connectivity index (χ1n) is 12.1. The molecule has 38 heavy (non-hydrogen) atoms. The Bertz CT molecular complexity index is 1370. The molecule has 1 aliphatic rings. The molecular weight excluding hydrogens is 516 g/mol. The number of carbonyl (C=O) groups excluding carboxylic acids is 1. The summed E-state index contributed by atoms with van der Waals surface area (Å²) in [4.78, 5) is 20.3. The van der Waals surface area contributed by atoms with Crippen molar-refractivity contribution in [2.24, 2.45) is 11.8 Å². The quantitative estimate of drug-likeness (QED) is 0.184. The van der Waals surface area contributed by atoms with Gasteiger partial charge in [-0.15, -0.1) is 0 Å². The number of carbonyl (C=O) groups is 1. The first-order chi connectivity index (χ1) is 18.0. The molecular formula is C25H31FN5O6P. The number of hydrogen-bond donors (Lipinski definition) is 3. The normalized spacial score (nSPS) is 21.6. The van der Waals surface area contributed by atoms with E-state index in [9.17, 15) is 18.9 Å². The molecule has 204 valence electrons. The first-order valence-corrected chi connectivity index (χ1v) is 13.6. The van der Waals surface area contributed by atoms with Gasteiger partial charge in [-0.3, -0.25) is 9.32 Å². The number of benzene rings is 1. The summed E-state index contributed by atoms with van der Waals surface area (Å²) >= 11 is 0. The van der Waals surface area contributed by atoms with Crippen molar-refractivity contribution in [1.29, 1.82) is 0 Å². The zero-order chi connectivity index (χ0) is 27.6. The number of aromatic nitrogens is 3. The fraction of sp³-hybridized carbons (Fsp3) is 0.400. The summed E-state index contributed by atoms with van der Waals surface area (Å²) in [6.45, 7) is 8.57. The largest absolute Gasteiger partial charge is 0.462 e. The van der Waals surface area contributed by atoms with Crippen molar-refractivity contribution in [2.75, 3.05) is 18.9 Å². The van der Waals surface area contributed by atoms with Crippen molar-refractivity contribution in [3.8, 4) is 5.75 Å². The van der Waals surface area contributed by atoms with Gasteiger partial charge in [0.1, 0.15) is 29.6 Å². The molecule has 0 aliphatic heterocycles. The number of nitrogens with two attached hydrogens (primary N) is 1. The number of para-hydroxylation sites is 1. The maximum Gasteiger partial charge on any atom is 0.459 e. The average molecular weight is 548 g/mol. The highest BCUT2D eigenvalue weighted by molar-refractivity contribution is 7.52. The number of nitrogens with one attached hydrogen (secondary N) is 1. The van der Waals surface area contributed by atoms with Crippen molar-refractivity contribution >= 4 is 30.6 Å². The number of nitrogens with zero attached hydrogens (tertiary/aromatic N) is 3. The third kappa shape index (κ3) is 5.58. The monoisotopic (exact) mass is 547 g/mol. The maximum atomic E-state index is 14.6. The van der Waals surface area contributed by atoms with Gasteiger partial charge < -0.3 is 24.7 Å². The van der Waals surface area contributed by atoms with Gasteiger partial charge in [-0.2, -0.15) is 5.09 Å². The van der Waals surface area contributed by atoms with Gasteiger partial charge in [0.2, 0.25) is 0 Å². The molecule has 0 amide bonds. The second kappa shape index (κ2) is 11.2. The number of nitrogen functional groups attached to an aromatic ring is 1. The minimum atomic E-state index is -4.10. The van der Waals surface area contributed by atoms with Gasteiger partial charge in [-0.1, -0.05) is 24.8 Å². The van der Waals surface area contributed by atoms with E-state index >= 15 is 0 Å². The second-order valence-electron chi connectivity index (χ2n) is 9.35. The molecule has 1 aromatic carbocycles. The number of ether oxygens (including phenoxy) is 1. The molecule has 13 heteroatoms. The number of halogens is 1. The van der Waals surface area contributed by atoms with Crippen LogP contribution < -0.4 is 15.3 Å². The number of rotatable bonds is 11. The number of fused-ring (bicyclic) bond motifs is 1. The molecule has 11 nitrogen and oxygen atoms in total. The maximum absolute atomic E-state index is 14.6. The van der Waals surface area contributed by atoms with Crippen LogP contribution in [0.4, 0.5) is 10.2 Å². The van der Waals surface area contributed by atoms with Crippen molar-refractivity contribution < 1.29 is 32.6 Å². The molecule has 2 heterocycles. The van der Waals surface area contributed by atoms with E-state index in [1.807, 2.05) is 0 Å². The third-order valence-corrected chi connectivity index (χ3v) is 7.98. The average Bonchev–Trinajstić information content (AvgIpc) is 3.19. The van der Waals surface area contributed by atoms with E-state index in [2.05, 4.69) is 21.6 Å². The Balaban J connectivity index is 1.53. The lowest BCUT2D eigenvalue weighted by atomic mass is 9.66. The van der Waals surface area contributed by atoms with Gasteiger partial charge in [0.25, 0.3) is 0 Å². The zero-order valence-electron chi connectivity index (χ0n) is 21.3. The molecule has 4 N–H and O–H groups in total. The van der Waals surface area contributed by atoms with Gasteiger partial charge in [0.05, 0.1) is 24.1 Å². The van der Waals surface area contributed by atoms with Crippen molar-refractivity contribution in [1.82, 2.24) is 19.6 Å². The third-order valence-electron chi connectivity index (χ3n) is 6.33. The predicted octanol–water partition coefficient (Wildman–Crippen LogP) is 3.62. The number of esters is 1. The van der Waals surface area contributed by atoms with Crippen LogP contribution in [0.5, 0.6) is 5.75 Å². The molecule has 2 unspecified atom stereocenters. The summed E-state index contributed by atoms with van der Waals surface area (Å²) in [6, 6.07) is 6.87. The lowest BCUT2D eigenvalue weighted by molar-refractivity contribution is -0.149. The summed E-state index contributed by atoms with van der Waals surface area (Å²) in [5.74, 6) is -1.84. The molecule has 4 rings (SSSR count). The van der Waals surface area contributed by atoms with E-state index in [4.69, 9.17) is 19.5 Å². The van der Waals surface area contributed by atoms with Gasteiger partial charge in [0, 0.05) is 24.6 Å². The molecule has 1 fully saturated rings. The highest BCUT2D eigenvalue weighted by atomic mass is 31.2. The van der Waals surface area contributed by atoms with Gasteiger partial charge >= 0.3 is 13.7 Å². The minimum absolute atomic E-state index is 0.00630. The summed E-state index contributed by atoms with van der Waals surface area (Å²) < 4.78 is 46.6. The Morgan fingerprint density at radius 3 is 2.66 bits per heavy atom. The molecule has 0 saturated heterocycles. The number of anilines is 1. The van der Waals surface area contributed by atoms with Crippen LogP contribution in [-0.2, 0) is 18.6 Å². The SMILES string of the molecule is C=C1[C@@H](n2cc(F)c3c(N)ncnc32)[C@H](CO)[C@H]1COP(=O)(NC(C)C(=O)OC(C)C)Oc1ccccc1. The molecule has 5 atom stereocenters. The van der Waals surface area contributed by atoms with Crippen LogP contribution in [0.2, 0.25) is 0 Å². The Kier molecular flexibility index (Phi) is 8.17. The Hall–Kier alpha value is -3.31. The lowest BCUT2D eigenvalue weighted by Crippen LogP contribution is -2.45. The fourth-order valence-corrected chi connectivity index (χ4v) is 6.02. The highest BCUT2D eigenvalue weighted by Crippen LogP contribution is 2.53. The van der Waals surface area contributed by atoms with E-state index in [0.29, 0.717) is 5.57 Å². The minimum Gasteiger partial charge on any atom is -0.462 e. The van der Waals surface area contributed by atoms with Crippen LogP contribution >= 0.6 is 7.75 Å². The Labute approximate surface area is 219 Å². The van der Waals surface area contributed by atoms with Crippen LogP contribution in [0, 0.1) is 17.7 Å². The molecule has 1 saturated carbocycles. The van der Waals surface area contributed by atoms with Crippen molar-refractivity contribution in [2.45, 2.75) is 39.0 Å². The van der Waals surface area contributed by atoms with Crippen LogP contribution in [0.25, 0.3) is 11.0 Å². The standard InChI is InChI=1S/C25H31FN5O6P/c1-14(2)36-25(33)16(4)30-38(34,37-17-8-6-5-7-9-17)35-12-19-15(3)22(18(19)11-32)31-10-20(26)21-23(27)28-13-29-24(21)31/h5-10,13-14,16,18-19,22,32H,3,11-12H2,1-2,4H3,(H,30,34)(H2,27,28,29)/t16?,18-,19+,22-,38?/m1/s1. The predicted molar refractivity (Wildman–Crippen MR) is 139 cm³/mol. The van der Waals surface area contributed by atoms with Crippen molar-refractivity contribution in [3.63, 3.8) is 0 Å². The number of aliphatic hydroxyl groups is 1. The van der Waals surface area contributed by atoms with Gasteiger partial charge in [0.15, 0.2) is 5.82 Å². The zero-order valence-corrected chi connectivity index (χ0v) is 22.2. The molecule has 3 aromatic rings. The van der Waals surface area contributed by atoms with Crippen LogP contribution in [0.1, 0.15) is 26.8 Å². The Morgan fingerprint density at radius 2 is 2.00 bits per heavy atom. The van der Waals surface area contributed by atoms with E-state index in [-0.39, 0.29) is 41.9 Å². The summed E-state index contributed by atoms with van der Waals surface area (Å²) in [6.07, 6.45) is 2.12. The van der Waals surface area contributed by atoms with E-state index in [0.717, 1.165) is 0 Å². The smallest absolute Gasteiger partial charge is 0.459 e. The molecule has 2 aromatic heterocycles. The molecule has 0 radical (unpaired) electrons. The Morgan fingerprint density at radius 1 is 1.29 bits per heavy atom. The molecule has 0 bridgehead atoms. The van der Waals surface area contributed by atoms with Crippen LogP contribution in [0.3, 0.4) is 0 Å². The summed E-state index contributed by atoms with van der Waals surface area (Å²) in [5, 5.41) is 12.9. The second-order valence-corrected chi connectivity index (χ2v) is 11.0. The van der Waals surface area contributed by atoms with Crippen LogP contribution in [0.15, 0.2) is 55.0 Å². The summed E-state index contributed by atoms with van der Waals surface area (Å²) in [7, 11) is -4.10. The highest BCUT2D eigenvalue weighted by Gasteiger charge is 2.47. The molecule has 0 spiro atoms. The number of aliphatic hydroxyl groups excluding tert-OH is 1. The fourth-order valence-electron chi connectivity index (χ4n) is 4.50.